The number of hydrogen-bond acceptors (Lipinski definition) is 3. The van der Waals surface area contributed by atoms with Gasteiger partial charge in [-0.25, -0.2) is 0 Å². The highest BCUT2D eigenvalue weighted by Crippen LogP contribution is 2.36. The summed E-state index contributed by atoms with van der Waals surface area (Å²) in [7, 11) is 1.33. The van der Waals surface area contributed by atoms with E-state index in [1.165, 1.54) is 7.11 Å². The van der Waals surface area contributed by atoms with Crippen LogP contribution in [0.5, 0.6) is 0 Å². The maximum Gasteiger partial charge on any atom is 0.313 e. The summed E-state index contributed by atoms with van der Waals surface area (Å²) in [5, 5.41) is 1.90. The van der Waals surface area contributed by atoms with E-state index >= 15 is 0 Å². The van der Waals surface area contributed by atoms with E-state index in [-0.39, 0.29) is 5.56 Å². The van der Waals surface area contributed by atoms with Crippen LogP contribution < -0.4 is 5.56 Å². The molecule has 0 amide bonds. The molecular formula is C21H19Cl2NO3. The van der Waals surface area contributed by atoms with Crippen molar-refractivity contribution in [3.05, 3.63) is 68.4 Å². The first-order valence-corrected chi connectivity index (χ1v) is 9.41. The van der Waals surface area contributed by atoms with Gasteiger partial charge >= 0.3 is 5.97 Å². The first-order chi connectivity index (χ1) is 13.0. The molecular weight excluding hydrogens is 385 g/mol. The second kappa shape index (κ2) is 8.15. The van der Waals surface area contributed by atoms with Crippen LogP contribution in [-0.4, -0.2) is 18.1 Å². The second-order valence-corrected chi connectivity index (χ2v) is 7.18. The molecule has 3 rings (SSSR count). The summed E-state index contributed by atoms with van der Waals surface area (Å²) >= 11 is 12.3. The Balaban J connectivity index is 2.42. The number of nitrogens with one attached hydrogen (secondary N) is 1. The van der Waals surface area contributed by atoms with E-state index in [2.05, 4.69) is 4.98 Å². The van der Waals surface area contributed by atoms with Gasteiger partial charge in [0.05, 0.1) is 13.0 Å². The molecule has 0 fully saturated rings. The summed E-state index contributed by atoms with van der Waals surface area (Å²) < 4.78 is 4.98. The van der Waals surface area contributed by atoms with Gasteiger partial charge in [0.1, 0.15) is 0 Å². The van der Waals surface area contributed by atoms with E-state index in [0.717, 1.165) is 17.4 Å². The molecule has 1 atom stereocenters. The minimum atomic E-state index is -0.669. The number of aromatic nitrogens is 1. The summed E-state index contributed by atoms with van der Waals surface area (Å²) in [4.78, 5) is 28.3. The molecule has 1 N–H and O–H groups in total. The quantitative estimate of drug-likeness (QED) is 0.567. The van der Waals surface area contributed by atoms with Gasteiger partial charge < -0.3 is 9.72 Å². The molecule has 140 valence electrons. The Morgan fingerprint density at radius 2 is 1.78 bits per heavy atom. The molecule has 0 spiro atoms. The minimum absolute atomic E-state index is 0.307. The van der Waals surface area contributed by atoms with Crippen LogP contribution in [0.15, 0.2) is 47.3 Å². The van der Waals surface area contributed by atoms with Gasteiger partial charge in [-0.3, -0.25) is 9.59 Å². The van der Waals surface area contributed by atoms with Crippen LogP contribution >= 0.6 is 23.2 Å². The van der Waals surface area contributed by atoms with Crippen LogP contribution in [0.2, 0.25) is 10.0 Å². The predicted octanol–water partition coefficient (Wildman–Crippen LogP) is 5.56. The summed E-state index contributed by atoms with van der Waals surface area (Å²) in [5.41, 5.74) is 2.20. The maximum absolute atomic E-state index is 13.0. The molecule has 2 aromatic carbocycles. The number of pyridine rings is 1. The fourth-order valence-corrected chi connectivity index (χ4v) is 3.65. The van der Waals surface area contributed by atoms with Gasteiger partial charge in [0.25, 0.3) is 5.56 Å². The van der Waals surface area contributed by atoms with Gasteiger partial charge in [0, 0.05) is 32.1 Å². The molecule has 6 heteroatoms. The van der Waals surface area contributed by atoms with Crippen molar-refractivity contribution in [2.45, 2.75) is 25.7 Å². The summed E-state index contributed by atoms with van der Waals surface area (Å²) in [6, 6.07) is 12.4. The number of benzene rings is 2. The molecule has 1 unspecified atom stereocenters. The van der Waals surface area contributed by atoms with Crippen molar-refractivity contribution in [1.82, 2.24) is 4.98 Å². The average molecular weight is 404 g/mol. The number of hydrogen-bond donors (Lipinski definition) is 1. The SMILES string of the molecule is CCCC(C(=O)OC)c1c(-c2ccc(Cl)cc2)c2cc(Cl)ccc2[nH]c1=O. The third kappa shape index (κ3) is 3.87. The molecule has 4 nitrogen and oxygen atoms in total. The summed E-state index contributed by atoms with van der Waals surface area (Å²) in [5.74, 6) is -1.10. The van der Waals surface area contributed by atoms with Crippen LogP contribution in [0.4, 0.5) is 0 Å². The number of rotatable bonds is 5. The number of ether oxygens (including phenoxy) is 1. The number of H-pyrrole nitrogens is 1. The molecule has 0 aliphatic rings. The fraction of sp³-hybridized carbons (Fsp3) is 0.238. The first-order valence-electron chi connectivity index (χ1n) is 8.65. The van der Waals surface area contributed by atoms with Gasteiger partial charge in [-0.2, -0.15) is 0 Å². The zero-order valence-electron chi connectivity index (χ0n) is 15.0. The molecule has 0 radical (unpaired) electrons. The Kier molecular flexibility index (Phi) is 5.88. The van der Waals surface area contributed by atoms with E-state index in [0.29, 0.717) is 33.1 Å². The molecule has 0 aliphatic carbocycles. The number of esters is 1. The maximum atomic E-state index is 13.0. The predicted molar refractivity (Wildman–Crippen MR) is 110 cm³/mol. The van der Waals surface area contributed by atoms with E-state index in [9.17, 15) is 9.59 Å². The lowest BCUT2D eigenvalue weighted by Gasteiger charge is -2.19. The van der Waals surface area contributed by atoms with Crippen LogP contribution in [0.1, 0.15) is 31.2 Å². The van der Waals surface area contributed by atoms with Gasteiger partial charge in [-0.15, -0.1) is 0 Å². The van der Waals surface area contributed by atoms with Crippen LogP contribution in [0.25, 0.3) is 22.0 Å². The number of fused-ring (bicyclic) bond motifs is 1. The fourth-order valence-electron chi connectivity index (χ4n) is 3.35. The molecule has 1 heterocycles. The van der Waals surface area contributed by atoms with Gasteiger partial charge in [0.15, 0.2) is 0 Å². The minimum Gasteiger partial charge on any atom is -0.469 e. The number of carbonyl (C=O) groups is 1. The van der Waals surface area contributed by atoms with Crippen molar-refractivity contribution in [3.63, 3.8) is 0 Å². The number of carbonyl (C=O) groups excluding carboxylic acids is 1. The van der Waals surface area contributed by atoms with Crippen molar-refractivity contribution in [2.24, 2.45) is 0 Å². The Morgan fingerprint density at radius 1 is 1.11 bits per heavy atom. The Hall–Kier alpha value is -2.30. The topological polar surface area (TPSA) is 59.2 Å². The lowest BCUT2D eigenvalue weighted by molar-refractivity contribution is -0.142. The lowest BCUT2D eigenvalue weighted by atomic mass is 9.86. The molecule has 0 aliphatic heterocycles. The zero-order chi connectivity index (χ0) is 19.6. The number of aromatic amines is 1. The van der Waals surface area contributed by atoms with Crippen molar-refractivity contribution >= 4 is 40.1 Å². The normalized spacial score (nSPS) is 12.1. The summed E-state index contributed by atoms with van der Waals surface area (Å²) in [6.07, 6.45) is 1.23. The molecule has 27 heavy (non-hydrogen) atoms. The molecule has 0 saturated heterocycles. The van der Waals surface area contributed by atoms with Crippen molar-refractivity contribution in [3.8, 4) is 11.1 Å². The van der Waals surface area contributed by atoms with E-state index in [4.69, 9.17) is 27.9 Å². The zero-order valence-corrected chi connectivity index (χ0v) is 16.5. The van der Waals surface area contributed by atoms with Crippen LogP contribution in [0, 0.1) is 0 Å². The van der Waals surface area contributed by atoms with Crippen LogP contribution in [0.3, 0.4) is 0 Å². The van der Waals surface area contributed by atoms with Gasteiger partial charge in [0.2, 0.25) is 0 Å². The molecule has 0 saturated carbocycles. The smallest absolute Gasteiger partial charge is 0.313 e. The van der Waals surface area contributed by atoms with E-state index < -0.39 is 11.9 Å². The molecule has 0 bridgehead atoms. The Labute approximate surface area is 167 Å². The lowest BCUT2D eigenvalue weighted by Crippen LogP contribution is -2.24. The standard InChI is InChI=1S/C21H19Cl2NO3/c1-3-4-15(21(26)27-2)19-18(12-5-7-13(22)8-6-12)16-11-14(23)9-10-17(16)24-20(19)25/h5-11,15H,3-4H2,1-2H3,(H,24,25). The van der Waals surface area contributed by atoms with E-state index in [1.807, 2.05) is 19.1 Å². The Morgan fingerprint density at radius 3 is 2.41 bits per heavy atom. The van der Waals surface area contributed by atoms with Gasteiger partial charge in [-0.05, 0) is 42.3 Å². The molecule has 1 aromatic heterocycles. The van der Waals surface area contributed by atoms with Crippen molar-refractivity contribution in [1.29, 1.82) is 0 Å². The second-order valence-electron chi connectivity index (χ2n) is 6.30. The molecule has 3 aromatic rings. The summed E-state index contributed by atoms with van der Waals surface area (Å²) in [6.45, 7) is 1.96. The number of halogens is 2. The third-order valence-electron chi connectivity index (χ3n) is 4.56. The highest BCUT2D eigenvalue weighted by atomic mass is 35.5. The van der Waals surface area contributed by atoms with Crippen molar-refractivity contribution < 1.29 is 9.53 Å². The average Bonchev–Trinajstić information content (AvgIpc) is 2.66. The van der Waals surface area contributed by atoms with E-state index in [1.54, 1.807) is 30.3 Å². The monoisotopic (exact) mass is 403 g/mol. The third-order valence-corrected chi connectivity index (χ3v) is 5.04. The van der Waals surface area contributed by atoms with Crippen molar-refractivity contribution in [2.75, 3.05) is 7.11 Å². The highest BCUT2D eigenvalue weighted by Gasteiger charge is 2.28. The number of methoxy groups -OCH3 is 1. The van der Waals surface area contributed by atoms with Crippen LogP contribution in [-0.2, 0) is 9.53 Å². The largest absolute Gasteiger partial charge is 0.469 e. The Bertz CT molecular complexity index is 1040. The highest BCUT2D eigenvalue weighted by molar-refractivity contribution is 6.31. The van der Waals surface area contributed by atoms with Gasteiger partial charge in [-0.1, -0.05) is 48.7 Å². The first kappa shape index (κ1) is 19.5.